The maximum atomic E-state index is 14.0. The van der Waals surface area contributed by atoms with Crippen LogP contribution in [0.3, 0.4) is 0 Å². The van der Waals surface area contributed by atoms with Gasteiger partial charge in [0.2, 0.25) is 17.7 Å². The van der Waals surface area contributed by atoms with E-state index in [0.29, 0.717) is 38.1 Å². The Morgan fingerprint density at radius 1 is 0.958 bits per heavy atom. The summed E-state index contributed by atoms with van der Waals surface area (Å²) in [5.41, 5.74) is 7.37. The number of carbonyl (C=O) groups is 3. The van der Waals surface area contributed by atoms with Gasteiger partial charge in [-0.25, -0.2) is 33.0 Å². The highest BCUT2D eigenvalue weighted by Gasteiger charge is 2.44. The van der Waals surface area contributed by atoms with Crippen molar-refractivity contribution in [2.24, 2.45) is 5.41 Å². The van der Waals surface area contributed by atoms with Gasteiger partial charge in [-0.1, -0.05) is 68.8 Å². The van der Waals surface area contributed by atoms with Crippen molar-refractivity contribution in [3.63, 3.8) is 0 Å². The molecule has 0 spiro atoms. The molecule has 20 heteroatoms. The number of hydrogen-bond acceptors (Lipinski definition) is 14. The van der Waals surface area contributed by atoms with E-state index in [9.17, 15) is 27.9 Å². The number of nitrogens with one attached hydrogen (secondary N) is 2. The van der Waals surface area contributed by atoms with Gasteiger partial charge in [0.05, 0.1) is 69.3 Å². The third kappa shape index (κ3) is 13.8. The predicted octanol–water partition coefficient (Wildman–Crippen LogP) is 5.86. The second-order valence-electron chi connectivity index (χ2n) is 19.4. The van der Waals surface area contributed by atoms with Crippen LogP contribution in [0.5, 0.6) is 0 Å². The molecule has 71 heavy (non-hydrogen) atoms. The van der Waals surface area contributed by atoms with Crippen molar-refractivity contribution in [1.82, 2.24) is 55.0 Å². The summed E-state index contributed by atoms with van der Waals surface area (Å²) in [7, 11) is -3.47. The van der Waals surface area contributed by atoms with Crippen LogP contribution in [-0.4, -0.2) is 119 Å². The highest BCUT2D eigenvalue weighted by atomic mass is 32.2. The molecule has 1 fully saturated rings. The van der Waals surface area contributed by atoms with E-state index in [2.05, 4.69) is 54.3 Å². The van der Waals surface area contributed by atoms with Gasteiger partial charge in [0.25, 0.3) is 0 Å². The fourth-order valence-corrected chi connectivity index (χ4v) is 10.9. The van der Waals surface area contributed by atoms with E-state index in [1.54, 1.807) is 40.5 Å². The van der Waals surface area contributed by atoms with Crippen molar-refractivity contribution < 1.29 is 32.6 Å². The Morgan fingerprint density at radius 2 is 1.70 bits per heavy atom. The number of nitrogens with zero attached hydrogens (tertiary/aromatic N) is 9. The molecule has 18 nitrogen and oxygen atoms in total. The minimum atomic E-state index is -3.47. The third-order valence-electron chi connectivity index (χ3n) is 12.5. The molecule has 1 aliphatic heterocycles. The number of hydrogen-bond donors (Lipinski definition) is 3. The molecule has 2 aromatic carbocycles. The summed E-state index contributed by atoms with van der Waals surface area (Å²) in [6, 6.07) is 15.0. The average molecular weight is 1010 g/mol. The van der Waals surface area contributed by atoms with Gasteiger partial charge in [0.1, 0.15) is 30.3 Å². The number of aliphatic hydroxyl groups excluding tert-OH is 1. The standard InChI is InChI=1S/C51H65N11O7S2/c1-33(2)62-35(4)53-28-44(62)42-20-21-52-45(56-42)25-36-14-18-41(19-15-36)71(67,68)24-10-8-9-11-39-29-60(59-58-39)22-23-69-31-46(64)57-48(51(5,6)7)50(66)61-30-40(63)26-43(61)49(65)54-27-37-12-16-38(17-13-37)47-34(3)55-32-70-47/h12-21,28-29,32-33,40,43,48,63H,8-11,22-27,30-31H2,1-7H3,(H,54,65)(H,57,64)/t40-,43+,48-/m1/s1. The molecule has 3 N–H and O–H groups in total. The van der Waals surface area contributed by atoms with Gasteiger partial charge in [-0.05, 0) is 87.3 Å². The van der Waals surface area contributed by atoms with Gasteiger partial charge < -0.3 is 29.9 Å². The Hall–Kier alpha value is -6.22. The molecule has 0 radical (unpaired) electrons. The molecule has 7 rings (SSSR count). The third-order valence-corrected chi connectivity index (χ3v) is 15.2. The molecule has 1 aliphatic rings. The number of carbonyl (C=O) groups excluding carboxylic acids is 3. The number of β-amino-alcohol motifs (C(OH)–C–C–N with tert-alkyl or cyclic N) is 1. The van der Waals surface area contributed by atoms with Crippen LogP contribution in [0.2, 0.25) is 0 Å². The van der Waals surface area contributed by atoms with Crippen LogP contribution in [-0.2, 0) is 54.9 Å². The van der Waals surface area contributed by atoms with Crippen molar-refractivity contribution in [3.8, 4) is 21.8 Å². The summed E-state index contributed by atoms with van der Waals surface area (Å²) in [5.74, 6) is 0.256. The average Bonchev–Trinajstić information content (AvgIpc) is 4.16. The van der Waals surface area contributed by atoms with Crippen molar-refractivity contribution >= 4 is 38.9 Å². The van der Waals surface area contributed by atoms with Crippen molar-refractivity contribution in [2.45, 2.75) is 129 Å². The van der Waals surface area contributed by atoms with E-state index >= 15 is 0 Å². The van der Waals surface area contributed by atoms with Gasteiger partial charge in [-0.2, -0.15) is 0 Å². The Balaban J connectivity index is 0.799. The van der Waals surface area contributed by atoms with Gasteiger partial charge in [-0.3, -0.25) is 14.4 Å². The van der Waals surface area contributed by atoms with Gasteiger partial charge >= 0.3 is 0 Å². The number of imidazole rings is 1. The van der Waals surface area contributed by atoms with E-state index in [4.69, 9.17) is 9.72 Å². The normalized spacial score (nSPS) is 15.6. The van der Waals surface area contributed by atoms with Crippen LogP contribution in [0.1, 0.15) is 101 Å². The number of aliphatic hydroxyl groups is 1. The molecule has 378 valence electrons. The van der Waals surface area contributed by atoms with Gasteiger partial charge in [0.15, 0.2) is 9.84 Å². The summed E-state index contributed by atoms with van der Waals surface area (Å²) in [4.78, 5) is 61.3. The quantitative estimate of drug-likeness (QED) is 0.0679. The van der Waals surface area contributed by atoms with E-state index in [0.717, 1.165) is 56.6 Å². The van der Waals surface area contributed by atoms with Crippen molar-refractivity contribution in [2.75, 3.05) is 25.5 Å². The molecule has 0 saturated carbocycles. The van der Waals surface area contributed by atoms with Crippen molar-refractivity contribution in [1.29, 1.82) is 0 Å². The number of unbranched alkanes of at least 4 members (excludes halogenated alkanes) is 2. The first-order valence-electron chi connectivity index (χ1n) is 24.1. The SMILES string of the molecule is Cc1ncsc1-c1ccc(CNC(=O)[C@@H]2C[C@@H](O)CN2C(=O)[C@@H](NC(=O)COCCn2cc(CCCCCS(=O)(=O)c3ccc(Cc4nccc(-c5cnc(C)n5C(C)C)n4)cc3)nn2)C(C)(C)C)cc1. The Kier molecular flexibility index (Phi) is 17.3. The summed E-state index contributed by atoms with van der Waals surface area (Å²) < 4.78 is 35.8. The molecule has 3 amide bonds. The molecule has 6 aromatic rings. The fraction of sp³-hybridized carbons (Fsp3) is 0.471. The second kappa shape index (κ2) is 23.3. The zero-order valence-corrected chi connectivity index (χ0v) is 43.2. The van der Waals surface area contributed by atoms with Crippen LogP contribution >= 0.6 is 11.3 Å². The molecular formula is C51H65N11O7S2. The number of benzene rings is 2. The van der Waals surface area contributed by atoms with Crippen LogP contribution in [0, 0.1) is 19.3 Å². The number of sulfone groups is 1. The lowest BCUT2D eigenvalue weighted by Gasteiger charge is -2.35. The molecule has 3 atom stereocenters. The maximum absolute atomic E-state index is 14.0. The highest BCUT2D eigenvalue weighted by Crippen LogP contribution is 2.29. The molecule has 0 bridgehead atoms. The lowest BCUT2D eigenvalue weighted by Crippen LogP contribution is -2.58. The smallest absolute Gasteiger partial charge is 0.246 e. The van der Waals surface area contributed by atoms with E-state index in [1.807, 2.05) is 88.8 Å². The highest BCUT2D eigenvalue weighted by molar-refractivity contribution is 7.91. The first-order valence-corrected chi connectivity index (χ1v) is 26.6. The number of rotatable bonds is 22. The number of amides is 3. The van der Waals surface area contributed by atoms with Gasteiger partial charge in [-0.15, -0.1) is 16.4 Å². The van der Waals surface area contributed by atoms with Crippen LogP contribution in [0.25, 0.3) is 21.8 Å². The van der Waals surface area contributed by atoms with Crippen molar-refractivity contribution in [3.05, 3.63) is 113 Å². The lowest BCUT2D eigenvalue weighted by atomic mass is 9.85. The van der Waals surface area contributed by atoms with E-state index in [-0.39, 0.29) is 55.3 Å². The van der Waals surface area contributed by atoms with Crippen LogP contribution in [0.4, 0.5) is 0 Å². The number of likely N-dealkylation sites (tertiary alicyclic amines) is 1. The number of ether oxygens (including phenoxy) is 1. The van der Waals surface area contributed by atoms with E-state index in [1.165, 1.54) is 4.90 Å². The zero-order chi connectivity index (χ0) is 50.9. The predicted molar refractivity (Wildman–Crippen MR) is 270 cm³/mol. The molecular weight excluding hydrogens is 943 g/mol. The molecule has 5 heterocycles. The fourth-order valence-electron chi connectivity index (χ4n) is 8.68. The first-order chi connectivity index (χ1) is 33.9. The topological polar surface area (TPSA) is 229 Å². The van der Waals surface area contributed by atoms with E-state index < -0.39 is 45.3 Å². The molecule has 0 unspecified atom stereocenters. The van der Waals surface area contributed by atoms with Crippen LogP contribution < -0.4 is 10.6 Å². The maximum Gasteiger partial charge on any atom is 0.246 e. The summed E-state index contributed by atoms with van der Waals surface area (Å²) in [6.07, 6.45) is 7.59. The van der Waals surface area contributed by atoms with Crippen LogP contribution in [0.15, 0.2) is 83.6 Å². The number of aryl methyl sites for hydroxylation is 3. The summed E-state index contributed by atoms with van der Waals surface area (Å²) >= 11 is 1.57. The first kappa shape index (κ1) is 52.6. The minimum absolute atomic E-state index is 0.0293. The molecule has 0 aliphatic carbocycles. The zero-order valence-electron chi connectivity index (χ0n) is 41.5. The van der Waals surface area contributed by atoms with Gasteiger partial charge in [0, 0.05) is 44.4 Å². The molecule has 4 aromatic heterocycles. The summed E-state index contributed by atoms with van der Waals surface area (Å²) in [6.45, 7) is 14.0. The molecule has 1 saturated heterocycles. The number of thiazole rings is 1. The lowest BCUT2D eigenvalue weighted by molar-refractivity contribution is -0.144. The Bertz CT molecular complexity index is 2870. The summed E-state index contributed by atoms with van der Waals surface area (Å²) in [5, 5.41) is 24.7. The minimum Gasteiger partial charge on any atom is -0.391 e. The number of aromatic nitrogens is 8. The Morgan fingerprint density at radius 3 is 2.41 bits per heavy atom. The largest absolute Gasteiger partial charge is 0.391 e. The Labute approximate surface area is 419 Å². The second-order valence-corrected chi connectivity index (χ2v) is 22.4. The monoisotopic (exact) mass is 1010 g/mol.